The second-order valence-corrected chi connectivity index (χ2v) is 7.54. The Bertz CT molecular complexity index is 1240. The third-order valence-electron chi connectivity index (χ3n) is 4.69. The summed E-state index contributed by atoms with van der Waals surface area (Å²) in [7, 11) is 1.60. The quantitative estimate of drug-likeness (QED) is 0.458. The molecule has 0 atom stereocenters. The summed E-state index contributed by atoms with van der Waals surface area (Å²) in [6.45, 7) is 4.41. The molecule has 0 unspecified atom stereocenters. The van der Waals surface area contributed by atoms with Crippen molar-refractivity contribution in [2.75, 3.05) is 18.6 Å². The van der Waals surface area contributed by atoms with E-state index in [2.05, 4.69) is 0 Å². The fraction of sp³-hybridized carbons (Fsp3) is 0.182. The Morgan fingerprint density at radius 3 is 2.54 bits per heavy atom. The van der Waals surface area contributed by atoms with Gasteiger partial charge in [-0.3, -0.25) is 4.79 Å². The maximum atomic E-state index is 13.2. The minimum atomic E-state index is -0.422. The maximum Gasteiger partial charge on any atom is 0.345 e. The van der Waals surface area contributed by atoms with Crippen molar-refractivity contribution < 1.29 is 13.9 Å². The van der Waals surface area contributed by atoms with Crippen molar-refractivity contribution in [1.29, 1.82) is 0 Å². The van der Waals surface area contributed by atoms with E-state index in [-0.39, 0.29) is 5.91 Å². The first kappa shape index (κ1) is 18.3. The van der Waals surface area contributed by atoms with E-state index in [0.29, 0.717) is 22.4 Å². The van der Waals surface area contributed by atoms with Gasteiger partial charge in [-0.1, -0.05) is 11.6 Å². The number of benzene rings is 2. The largest absolute Gasteiger partial charge is 0.497 e. The molecule has 0 radical (unpaired) electrons. The minimum absolute atomic E-state index is 0.144. The van der Waals surface area contributed by atoms with Gasteiger partial charge in [0.05, 0.1) is 22.1 Å². The van der Waals surface area contributed by atoms with E-state index in [9.17, 15) is 9.59 Å². The highest BCUT2D eigenvalue weighted by molar-refractivity contribution is 7.21. The van der Waals surface area contributed by atoms with E-state index in [1.54, 1.807) is 24.1 Å². The molecular weight excluding hydrogens is 374 g/mol. The Kier molecular flexibility index (Phi) is 4.65. The van der Waals surface area contributed by atoms with Crippen LogP contribution in [0.3, 0.4) is 0 Å². The molecule has 4 aromatic rings. The number of rotatable bonds is 4. The number of carbonyl (C=O) groups is 1. The van der Waals surface area contributed by atoms with Gasteiger partial charge in [-0.2, -0.15) is 0 Å². The summed E-state index contributed by atoms with van der Waals surface area (Å²) >= 11 is 1.33. The molecular formula is C22H19NO4S. The van der Waals surface area contributed by atoms with Crippen LogP contribution in [0, 0.1) is 6.92 Å². The number of anilines is 1. The van der Waals surface area contributed by atoms with Gasteiger partial charge < -0.3 is 14.1 Å². The van der Waals surface area contributed by atoms with Gasteiger partial charge in [0.2, 0.25) is 0 Å². The van der Waals surface area contributed by atoms with Crippen molar-refractivity contribution in [3.8, 4) is 5.75 Å². The summed E-state index contributed by atoms with van der Waals surface area (Å²) in [5.41, 5.74) is 1.96. The summed E-state index contributed by atoms with van der Waals surface area (Å²) in [5, 5.41) is 1.29. The van der Waals surface area contributed by atoms with Crippen LogP contribution in [-0.4, -0.2) is 19.6 Å². The average molecular weight is 393 g/mol. The molecule has 0 aliphatic heterocycles. The minimum Gasteiger partial charge on any atom is -0.497 e. The molecule has 2 aromatic carbocycles. The Morgan fingerprint density at radius 2 is 1.86 bits per heavy atom. The summed E-state index contributed by atoms with van der Waals surface area (Å²) < 4.78 is 11.4. The zero-order valence-electron chi connectivity index (χ0n) is 15.8. The van der Waals surface area contributed by atoms with E-state index in [0.717, 1.165) is 27.1 Å². The van der Waals surface area contributed by atoms with Gasteiger partial charge in [0.15, 0.2) is 0 Å². The summed E-state index contributed by atoms with van der Waals surface area (Å²) in [4.78, 5) is 27.8. The molecule has 2 heterocycles. The van der Waals surface area contributed by atoms with Gasteiger partial charge >= 0.3 is 5.63 Å². The van der Waals surface area contributed by atoms with Gasteiger partial charge in [-0.05, 0) is 56.3 Å². The second-order valence-electron chi connectivity index (χ2n) is 6.49. The number of amides is 1. The standard InChI is InChI=1S/C22H19NO4S/c1-4-23(14-6-8-15(26-3)9-7-14)21(24)19-12-17-20(28-19)16-11-13(2)5-10-18(16)27-22(17)25/h5-12H,4H2,1-3H3. The van der Waals surface area contributed by atoms with Crippen LogP contribution in [0.5, 0.6) is 5.75 Å². The molecule has 0 saturated carbocycles. The molecule has 0 aliphatic rings. The van der Waals surface area contributed by atoms with Crippen LogP contribution < -0.4 is 15.3 Å². The number of hydrogen-bond acceptors (Lipinski definition) is 5. The Morgan fingerprint density at radius 1 is 1.11 bits per heavy atom. The van der Waals surface area contributed by atoms with Crippen LogP contribution in [-0.2, 0) is 0 Å². The number of carbonyl (C=O) groups excluding carboxylic acids is 1. The van der Waals surface area contributed by atoms with Gasteiger partial charge in [-0.15, -0.1) is 11.3 Å². The van der Waals surface area contributed by atoms with Crippen molar-refractivity contribution in [2.45, 2.75) is 13.8 Å². The molecule has 0 aliphatic carbocycles. The van der Waals surface area contributed by atoms with Gasteiger partial charge in [-0.25, -0.2) is 4.79 Å². The molecule has 1 amide bonds. The van der Waals surface area contributed by atoms with E-state index < -0.39 is 5.63 Å². The number of aryl methyl sites for hydroxylation is 1. The molecule has 0 saturated heterocycles. The molecule has 0 bridgehead atoms. The van der Waals surface area contributed by atoms with Crippen molar-refractivity contribution in [2.24, 2.45) is 0 Å². The first-order chi connectivity index (χ1) is 13.5. The number of nitrogens with zero attached hydrogens (tertiary/aromatic N) is 1. The van der Waals surface area contributed by atoms with Crippen LogP contribution in [0.1, 0.15) is 22.2 Å². The number of ether oxygens (including phenoxy) is 1. The highest BCUT2D eigenvalue weighted by Gasteiger charge is 2.21. The fourth-order valence-electron chi connectivity index (χ4n) is 3.25. The number of hydrogen-bond donors (Lipinski definition) is 0. The predicted molar refractivity (Wildman–Crippen MR) is 113 cm³/mol. The Hall–Kier alpha value is -3.12. The lowest BCUT2D eigenvalue weighted by molar-refractivity contribution is 0.0992. The van der Waals surface area contributed by atoms with E-state index in [4.69, 9.17) is 9.15 Å². The predicted octanol–water partition coefficient (Wildman–Crippen LogP) is 4.99. The van der Waals surface area contributed by atoms with Crippen molar-refractivity contribution in [3.63, 3.8) is 0 Å². The average Bonchev–Trinajstić information content (AvgIpc) is 3.16. The first-order valence-corrected chi connectivity index (χ1v) is 9.76. The zero-order valence-corrected chi connectivity index (χ0v) is 16.6. The lowest BCUT2D eigenvalue weighted by Gasteiger charge is -2.20. The SMILES string of the molecule is CCN(C(=O)c1cc2c(=O)oc3ccc(C)cc3c2s1)c1ccc(OC)cc1. The van der Waals surface area contributed by atoms with Gasteiger partial charge in [0.25, 0.3) is 5.91 Å². The molecule has 5 nitrogen and oxygen atoms in total. The second kappa shape index (κ2) is 7.13. The smallest absolute Gasteiger partial charge is 0.345 e. The van der Waals surface area contributed by atoms with Crippen molar-refractivity contribution in [1.82, 2.24) is 0 Å². The summed E-state index contributed by atoms with van der Waals surface area (Å²) in [6, 6.07) is 14.7. The molecule has 6 heteroatoms. The van der Waals surface area contributed by atoms with Crippen LogP contribution in [0.15, 0.2) is 57.7 Å². The molecule has 142 valence electrons. The lowest BCUT2D eigenvalue weighted by atomic mass is 10.1. The Balaban J connectivity index is 1.82. The number of thiophene rings is 1. The Labute approximate surface area is 165 Å². The molecule has 0 N–H and O–H groups in total. The normalized spacial score (nSPS) is 11.1. The first-order valence-electron chi connectivity index (χ1n) is 8.94. The summed E-state index contributed by atoms with van der Waals surface area (Å²) in [6.07, 6.45) is 0. The molecule has 0 spiro atoms. The number of methoxy groups -OCH3 is 1. The van der Waals surface area contributed by atoms with Crippen molar-refractivity contribution >= 4 is 44.0 Å². The molecule has 28 heavy (non-hydrogen) atoms. The highest BCUT2D eigenvalue weighted by atomic mass is 32.1. The fourth-order valence-corrected chi connectivity index (χ4v) is 4.37. The number of fused-ring (bicyclic) bond motifs is 3. The van der Waals surface area contributed by atoms with E-state index >= 15 is 0 Å². The molecule has 0 fully saturated rings. The third kappa shape index (κ3) is 3.05. The topological polar surface area (TPSA) is 59.8 Å². The van der Waals surface area contributed by atoms with Crippen LogP contribution in [0.25, 0.3) is 21.1 Å². The maximum absolute atomic E-state index is 13.2. The lowest BCUT2D eigenvalue weighted by Crippen LogP contribution is -2.29. The summed E-state index contributed by atoms with van der Waals surface area (Å²) in [5.74, 6) is 0.586. The van der Waals surface area contributed by atoms with Gasteiger partial charge in [0.1, 0.15) is 11.3 Å². The van der Waals surface area contributed by atoms with Crippen LogP contribution >= 0.6 is 11.3 Å². The van der Waals surface area contributed by atoms with E-state index in [1.165, 1.54) is 11.3 Å². The van der Waals surface area contributed by atoms with E-state index in [1.807, 2.05) is 50.2 Å². The van der Waals surface area contributed by atoms with Gasteiger partial charge in [0, 0.05) is 17.6 Å². The van der Waals surface area contributed by atoms with Crippen molar-refractivity contribution in [3.05, 3.63) is 69.4 Å². The third-order valence-corrected chi connectivity index (χ3v) is 5.85. The van der Waals surface area contributed by atoms with Crippen LogP contribution in [0.2, 0.25) is 0 Å². The van der Waals surface area contributed by atoms with Crippen LogP contribution in [0.4, 0.5) is 5.69 Å². The monoisotopic (exact) mass is 393 g/mol. The zero-order chi connectivity index (χ0) is 19.8. The highest BCUT2D eigenvalue weighted by Crippen LogP contribution is 2.32. The molecule has 4 rings (SSSR count). The molecule has 2 aromatic heterocycles.